The lowest BCUT2D eigenvalue weighted by atomic mass is 9.85. The second kappa shape index (κ2) is 10.5. The number of benzene rings is 1. The minimum Gasteiger partial charge on any atom is -0.444 e. The maximum absolute atomic E-state index is 13.8. The number of aromatic amines is 1. The number of alkyl carbamates (subject to hydrolysis) is 1. The molecule has 3 N–H and O–H groups in total. The van der Waals surface area contributed by atoms with Crippen LogP contribution < -0.4 is 5.32 Å². The van der Waals surface area contributed by atoms with E-state index in [1.807, 2.05) is 45.3 Å². The number of aliphatic hydroxyl groups is 1. The van der Waals surface area contributed by atoms with Gasteiger partial charge >= 0.3 is 6.09 Å². The van der Waals surface area contributed by atoms with Crippen LogP contribution in [0.1, 0.15) is 65.5 Å². The van der Waals surface area contributed by atoms with Crippen LogP contribution in [-0.2, 0) is 9.53 Å². The van der Waals surface area contributed by atoms with Crippen LogP contribution >= 0.6 is 11.3 Å². The summed E-state index contributed by atoms with van der Waals surface area (Å²) in [5.74, 6) is 0.310. The van der Waals surface area contributed by atoms with Gasteiger partial charge in [0.05, 0.1) is 40.1 Å². The van der Waals surface area contributed by atoms with Gasteiger partial charge in [0.2, 0.25) is 5.91 Å². The SMILES string of the molecule is Cc1ncsc1-c1ccc(-c2cnc([C@@H]3C[C@@H](O)CN3C(=O)C(NC(=O)OC(C)(C)C)C(C)(C)C)[nH]2)cc1. The molecule has 3 atom stereocenters. The van der Waals surface area contributed by atoms with Crippen molar-refractivity contribution >= 4 is 23.3 Å². The van der Waals surface area contributed by atoms with Gasteiger partial charge in [-0.15, -0.1) is 11.3 Å². The first-order chi connectivity index (χ1) is 17.7. The van der Waals surface area contributed by atoms with E-state index < -0.39 is 35.3 Å². The molecule has 4 rings (SSSR count). The zero-order valence-corrected chi connectivity index (χ0v) is 23.8. The second-order valence-electron chi connectivity index (χ2n) is 11.9. The molecule has 0 radical (unpaired) electrons. The largest absolute Gasteiger partial charge is 0.444 e. The minimum atomic E-state index is -0.845. The van der Waals surface area contributed by atoms with Crippen molar-refractivity contribution in [1.82, 2.24) is 25.2 Å². The molecule has 9 nitrogen and oxygen atoms in total. The smallest absolute Gasteiger partial charge is 0.408 e. The summed E-state index contributed by atoms with van der Waals surface area (Å²) in [5.41, 5.74) is 4.46. The van der Waals surface area contributed by atoms with Crippen LogP contribution in [0.5, 0.6) is 0 Å². The Morgan fingerprint density at radius 2 is 1.79 bits per heavy atom. The molecule has 1 aromatic carbocycles. The van der Waals surface area contributed by atoms with Crippen molar-refractivity contribution in [2.75, 3.05) is 6.54 Å². The van der Waals surface area contributed by atoms with E-state index in [9.17, 15) is 14.7 Å². The van der Waals surface area contributed by atoms with Crippen molar-refractivity contribution in [3.63, 3.8) is 0 Å². The van der Waals surface area contributed by atoms with Crippen molar-refractivity contribution in [3.05, 3.63) is 47.5 Å². The minimum absolute atomic E-state index is 0.158. The molecule has 2 aromatic heterocycles. The van der Waals surface area contributed by atoms with E-state index >= 15 is 0 Å². The van der Waals surface area contributed by atoms with E-state index in [0.717, 1.165) is 27.4 Å². The van der Waals surface area contributed by atoms with Crippen molar-refractivity contribution in [3.8, 4) is 21.7 Å². The van der Waals surface area contributed by atoms with Crippen molar-refractivity contribution < 1.29 is 19.4 Å². The highest BCUT2D eigenvalue weighted by atomic mass is 32.1. The molecular weight excluding hydrogens is 502 g/mol. The number of aliphatic hydroxyl groups excluding tert-OH is 1. The highest BCUT2D eigenvalue weighted by Gasteiger charge is 2.44. The number of aromatic nitrogens is 3. The number of likely N-dealkylation sites (tertiary alicyclic amines) is 1. The molecule has 0 aliphatic carbocycles. The lowest BCUT2D eigenvalue weighted by Crippen LogP contribution is -2.55. The molecule has 1 saturated heterocycles. The average molecular weight is 540 g/mol. The van der Waals surface area contributed by atoms with Crippen molar-refractivity contribution in [2.45, 2.75) is 78.7 Å². The van der Waals surface area contributed by atoms with Crippen LogP contribution in [0.3, 0.4) is 0 Å². The highest BCUT2D eigenvalue weighted by Crippen LogP contribution is 2.35. The fourth-order valence-corrected chi connectivity index (χ4v) is 5.40. The Hall–Kier alpha value is -3.24. The molecular formula is C28H37N5O4S. The molecule has 0 bridgehead atoms. The maximum atomic E-state index is 13.8. The molecule has 1 aliphatic rings. The van der Waals surface area contributed by atoms with Gasteiger partial charge in [-0.1, -0.05) is 45.0 Å². The zero-order chi connectivity index (χ0) is 27.8. The first kappa shape index (κ1) is 27.8. The summed E-state index contributed by atoms with van der Waals surface area (Å²) in [4.78, 5) is 41.3. The predicted molar refractivity (Wildman–Crippen MR) is 148 cm³/mol. The summed E-state index contributed by atoms with van der Waals surface area (Å²) in [6.45, 7) is 13.1. The van der Waals surface area contributed by atoms with Crippen LogP contribution in [0.2, 0.25) is 0 Å². The average Bonchev–Trinajstić information content (AvgIpc) is 3.55. The number of amides is 2. The zero-order valence-electron chi connectivity index (χ0n) is 23.0. The number of nitrogens with one attached hydrogen (secondary N) is 2. The second-order valence-corrected chi connectivity index (χ2v) is 12.7. The topological polar surface area (TPSA) is 120 Å². The van der Waals surface area contributed by atoms with E-state index in [0.29, 0.717) is 12.2 Å². The number of nitrogens with zero attached hydrogens (tertiary/aromatic N) is 3. The van der Waals surface area contributed by atoms with Crippen LogP contribution in [-0.4, -0.2) is 61.3 Å². The normalized spacial score (nSPS) is 18.9. The Morgan fingerprint density at radius 1 is 1.13 bits per heavy atom. The fourth-order valence-electron chi connectivity index (χ4n) is 4.59. The van der Waals surface area contributed by atoms with Crippen LogP contribution in [0.4, 0.5) is 4.79 Å². The first-order valence-corrected chi connectivity index (χ1v) is 13.6. The summed E-state index contributed by atoms with van der Waals surface area (Å²) >= 11 is 1.61. The number of ether oxygens (including phenoxy) is 1. The van der Waals surface area contributed by atoms with Gasteiger partial charge in [0, 0.05) is 13.0 Å². The fraction of sp³-hybridized carbons (Fsp3) is 0.500. The quantitative estimate of drug-likeness (QED) is 0.416. The van der Waals surface area contributed by atoms with E-state index in [4.69, 9.17) is 4.74 Å². The number of carbonyl (C=O) groups is 2. The number of thiazole rings is 1. The highest BCUT2D eigenvalue weighted by molar-refractivity contribution is 7.13. The van der Waals surface area contributed by atoms with Gasteiger partial charge in [-0.3, -0.25) is 4.79 Å². The molecule has 3 aromatic rings. The first-order valence-electron chi connectivity index (χ1n) is 12.8. The number of hydrogen-bond acceptors (Lipinski definition) is 7. The number of carbonyl (C=O) groups excluding carboxylic acids is 2. The summed E-state index contributed by atoms with van der Waals surface area (Å²) in [7, 11) is 0. The Morgan fingerprint density at radius 3 is 2.37 bits per heavy atom. The van der Waals surface area contributed by atoms with E-state index in [-0.39, 0.29) is 12.5 Å². The molecule has 1 unspecified atom stereocenters. The number of rotatable bonds is 5. The third-order valence-electron chi connectivity index (χ3n) is 6.45. The summed E-state index contributed by atoms with van der Waals surface area (Å²) < 4.78 is 5.41. The van der Waals surface area contributed by atoms with Crippen molar-refractivity contribution in [2.24, 2.45) is 5.41 Å². The lowest BCUT2D eigenvalue weighted by Gasteiger charge is -2.35. The molecule has 3 heterocycles. The molecule has 204 valence electrons. The summed E-state index contributed by atoms with van der Waals surface area (Å²) in [6, 6.07) is 6.87. The third kappa shape index (κ3) is 6.24. The molecule has 1 fully saturated rings. The third-order valence-corrected chi connectivity index (χ3v) is 7.43. The van der Waals surface area contributed by atoms with Gasteiger partial charge in [-0.05, 0) is 44.2 Å². The van der Waals surface area contributed by atoms with Gasteiger partial charge in [0.25, 0.3) is 0 Å². The Bertz CT molecular complexity index is 1290. The number of aryl methyl sites for hydroxylation is 1. The molecule has 38 heavy (non-hydrogen) atoms. The summed E-state index contributed by atoms with van der Waals surface area (Å²) in [6.07, 6.45) is 0.752. The molecule has 0 spiro atoms. The number of β-amino-alcohol motifs (C(OH)–C–C–N with tert-alkyl or cyclic N) is 1. The number of H-pyrrole nitrogens is 1. The Labute approximate surface area is 227 Å². The van der Waals surface area contributed by atoms with Crippen LogP contribution in [0.15, 0.2) is 36.0 Å². The van der Waals surface area contributed by atoms with Crippen molar-refractivity contribution in [1.29, 1.82) is 0 Å². The lowest BCUT2D eigenvalue weighted by molar-refractivity contribution is -0.137. The Kier molecular flexibility index (Phi) is 7.67. The van der Waals surface area contributed by atoms with Gasteiger partial charge < -0.3 is 25.0 Å². The standard InChI is InChI=1S/C28H37N5O4S/c1-16-22(38-15-30-16)18-10-8-17(9-11-18)20-13-29-24(31-20)21-12-19(34)14-33(21)25(35)23(27(2,3)4)32-26(36)37-28(5,6)7/h8-11,13,15,19,21,23,34H,12,14H2,1-7H3,(H,29,31)(H,32,36)/t19-,21+,23?/m1/s1. The molecule has 0 saturated carbocycles. The van der Waals surface area contributed by atoms with Gasteiger partial charge in [-0.2, -0.15) is 0 Å². The van der Waals surface area contributed by atoms with Crippen LogP contribution in [0, 0.1) is 12.3 Å². The molecule has 2 amide bonds. The van der Waals surface area contributed by atoms with Gasteiger partial charge in [0.1, 0.15) is 17.5 Å². The predicted octanol–water partition coefficient (Wildman–Crippen LogP) is 5.08. The monoisotopic (exact) mass is 539 g/mol. The Balaban J connectivity index is 1.55. The van der Waals surface area contributed by atoms with E-state index in [1.54, 1.807) is 43.2 Å². The number of hydrogen-bond donors (Lipinski definition) is 3. The van der Waals surface area contributed by atoms with Crippen LogP contribution in [0.25, 0.3) is 21.7 Å². The van der Waals surface area contributed by atoms with Gasteiger partial charge in [0.15, 0.2) is 0 Å². The molecule has 10 heteroatoms. The van der Waals surface area contributed by atoms with E-state index in [1.165, 1.54) is 0 Å². The molecule has 1 aliphatic heterocycles. The van der Waals surface area contributed by atoms with E-state index in [2.05, 4.69) is 32.4 Å². The van der Waals surface area contributed by atoms with Gasteiger partial charge in [-0.25, -0.2) is 14.8 Å². The number of imidazole rings is 1. The summed E-state index contributed by atoms with van der Waals surface area (Å²) in [5, 5.41) is 13.3. The maximum Gasteiger partial charge on any atom is 0.408 e.